The molecule has 0 saturated heterocycles. The largest absolute Gasteiger partial charge is 0.329 e. The first kappa shape index (κ1) is 27.5. The van der Waals surface area contributed by atoms with Crippen LogP contribution in [0, 0.1) is 0 Å². The van der Waals surface area contributed by atoms with E-state index in [0.29, 0.717) is 6.61 Å². The van der Waals surface area contributed by atoms with Crippen LogP contribution in [0.4, 0.5) is 0 Å². The van der Waals surface area contributed by atoms with Crippen LogP contribution in [0.1, 0.15) is 6.92 Å². The normalized spacial score (nSPS) is 11.2. The van der Waals surface area contributed by atoms with Gasteiger partial charge in [-0.3, -0.25) is 8.98 Å². The third-order valence-corrected chi connectivity index (χ3v) is 3.45. The summed E-state index contributed by atoms with van der Waals surface area (Å²) in [7, 11) is 14.1. The predicted molar refractivity (Wildman–Crippen MR) is 113 cm³/mol. The van der Waals surface area contributed by atoms with Crippen molar-refractivity contribution >= 4 is 71.6 Å². The molecule has 0 aliphatic rings. The van der Waals surface area contributed by atoms with E-state index in [1.54, 1.807) is 0 Å². The van der Waals surface area contributed by atoms with Gasteiger partial charge >= 0.3 is 0 Å². The topological polar surface area (TPSA) is 35.5 Å². The molecule has 0 aliphatic heterocycles. The van der Waals surface area contributed by atoms with E-state index in [-0.39, 0.29) is 29.1 Å². The molecular formula is C12H30I2N2O3S2+2. The molecule has 0 aromatic carbocycles. The molecule has 0 fully saturated rings. The van der Waals surface area contributed by atoms with Crippen LogP contribution in [0.2, 0.25) is 0 Å². The summed E-state index contributed by atoms with van der Waals surface area (Å²) < 4.78 is 11.9. The number of hydrogen-bond donors (Lipinski definition) is 0. The molecule has 0 spiro atoms. The van der Waals surface area contributed by atoms with Crippen molar-refractivity contribution in [1.82, 2.24) is 0 Å². The van der Waals surface area contributed by atoms with E-state index in [0.717, 1.165) is 40.7 Å². The second-order valence-electron chi connectivity index (χ2n) is 6.31. The van der Waals surface area contributed by atoms with Gasteiger partial charge in [-0.1, -0.05) is 0 Å². The quantitative estimate of drug-likeness (QED) is 0.195. The number of carbonyl (C=O) groups excluding carboxylic acids is 1. The zero-order valence-corrected chi connectivity index (χ0v) is 20.2. The van der Waals surface area contributed by atoms with E-state index in [1.165, 1.54) is 16.1 Å². The van der Waals surface area contributed by atoms with Crippen LogP contribution in [0.5, 0.6) is 0 Å². The minimum absolute atomic E-state index is 0. The SMILES string of the molecule is CC(=O)SOCC[N+](C)(C)C.C[N+](C)(C)CCOSI.I. The predicted octanol–water partition coefficient (Wildman–Crippen LogP) is 3.23. The zero-order chi connectivity index (χ0) is 16.2. The summed E-state index contributed by atoms with van der Waals surface area (Å²) in [5, 5.41) is 0.00593. The Hall–Kier alpha value is 1.67. The molecule has 0 radical (unpaired) electrons. The summed E-state index contributed by atoms with van der Waals surface area (Å²) in [4.78, 5) is 10.4. The van der Waals surface area contributed by atoms with Crippen molar-refractivity contribution < 1.29 is 22.1 Å². The van der Waals surface area contributed by atoms with Crippen LogP contribution >= 0.6 is 66.4 Å². The van der Waals surface area contributed by atoms with Gasteiger partial charge in [0.1, 0.15) is 26.3 Å². The van der Waals surface area contributed by atoms with Crippen molar-refractivity contribution in [2.75, 3.05) is 68.6 Å². The average Bonchev–Trinajstić information content (AvgIpc) is 2.22. The van der Waals surface area contributed by atoms with Crippen molar-refractivity contribution in [2.24, 2.45) is 0 Å². The number of hydrogen-bond acceptors (Lipinski definition) is 5. The molecule has 0 amide bonds. The third kappa shape index (κ3) is 34.1. The van der Waals surface area contributed by atoms with Crippen molar-refractivity contribution in [1.29, 1.82) is 0 Å². The van der Waals surface area contributed by atoms with Gasteiger partial charge in [-0.2, -0.15) is 0 Å². The first-order valence-corrected chi connectivity index (χ1v) is 10.3. The molecule has 9 heteroatoms. The Labute approximate surface area is 168 Å². The number of nitrogens with zero attached hydrogens (tertiary/aromatic N) is 2. The molecule has 0 aromatic heterocycles. The highest BCUT2D eigenvalue weighted by Gasteiger charge is 2.06. The summed E-state index contributed by atoms with van der Waals surface area (Å²) in [6.45, 7) is 4.93. The van der Waals surface area contributed by atoms with E-state index in [2.05, 4.69) is 63.5 Å². The maximum atomic E-state index is 10.4. The molecule has 0 aromatic rings. The number of likely N-dealkylation sites (N-methyl/N-ethyl adjacent to an activating group) is 2. The Bertz CT molecular complexity index is 260. The van der Waals surface area contributed by atoms with E-state index in [1.807, 2.05) is 0 Å². The van der Waals surface area contributed by atoms with Crippen LogP contribution in [-0.4, -0.2) is 82.7 Å². The lowest BCUT2D eigenvalue weighted by atomic mass is 10.5. The lowest BCUT2D eigenvalue weighted by Crippen LogP contribution is -2.37. The smallest absolute Gasteiger partial charge is 0.212 e. The standard InChI is InChI=1S/C7H16NO2S.C5H13INOS.HI/c1-7(9)11-10-6-5-8(2,3)4;1-7(2,3)4-5-8-9-6;/h5-6H2,1-4H3;4-5H2,1-3H3;1H/q2*+1;. The van der Waals surface area contributed by atoms with Crippen LogP contribution in [-0.2, 0) is 13.2 Å². The maximum Gasteiger partial charge on any atom is 0.212 e. The Morgan fingerprint density at radius 3 is 1.62 bits per heavy atom. The molecular weight excluding hydrogens is 538 g/mol. The molecule has 0 bridgehead atoms. The first-order chi connectivity index (χ1) is 8.98. The molecule has 130 valence electrons. The molecule has 0 unspecified atom stereocenters. The van der Waals surface area contributed by atoms with Crippen molar-refractivity contribution in [2.45, 2.75) is 6.92 Å². The molecule has 0 rings (SSSR count). The number of quaternary nitrogens is 2. The Morgan fingerprint density at radius 1 is 0.952 bits per heavy atom. The van der Waals surface area contributed by atoms with Gasteiger partial charge < -0.3 is 13.1 Å². The first-order valence-electron chi connectivity index (χ1n) is 6.29. The van der Waals surface area contributed by atoms with E-state index in [9.17, 15) is 4.79 Å². The third-order valence-electron chi connectivity index (χ3n) is 1.91. The summed E-state index contributed by atoms with van der Waals surface area (Å²) in [6, 6.07) is 0. The molecule has 5 nitrogen and oxygen atoms in total. The molecule has 0 N–H and O–H groups in total. The minimum Gasteiger partial charge on any atom is -0.329 e. The van der Waals surface area contributed by atoms with Gasteiger partial charge in [-0.05, 0) is 0 Å². The molecule has 0 saturated carbocycles. The molecule has 0 aliphatic carbocycles. The highest BCUT2D eigenvalue weighted by molar-refractivity contribution is 14.2. The fraction of sp³-hybridized carbons (Fsp3) is 0.917. The van der Waals surface area contributed by atoms with Crippen LogP contribution in [0.3, 0.4) is 0 Å². The zero-order valence-electron chi connectivity index (χ0n) is 14.1. The number of halogens is 2. The highest BCUT2D eigenvalue weighted by Crippen LogP contribution is 2.11. The van der Waals surface area contributed by atoms with Crippen molar-refractivity contribution in [3.8, 4) is 0 Å². The van der Waals surface area contributed by atoms with Crippen LogP contribution < -0.4 is 0 Å². The maximum absolute atomic E-state index is 10.4. The minimum atomic E-state index is 0. The van der Waals surface area contributed by atoms with Crippen molar-refractivity contribution in [3.63, 3.8) is 0 Å². The fourth-order valence-electron chi connectivity index (χ4n) is 0.778. The van der Waals surface area contributed by atoms with Gasteiger partial charge in [0, 0.05) is 28.1 Å². The van der Waals surface area contributed by atoms with Crippen LogP contribution in [0.25, 0.3) is 0 Å². The Kier molecular flexibility index (Phi) is 19.9. The number of carbonyl (C=O) groups is 1. The van der Waals surface area contributed by atoms with Gasteiger partial charge in [0.05, 0.1) is 63.5 Å². The summed E-state index contributed by atoms with van der Waals surface area (Å²) in [5.74, 6) is 0. The van der Waals surface area contributed by atoms with Crippen molar-refractivity contribution in [3.05, 3.63) is 0 Å². The van der Waals surface area contributed by atoms with E-state index in [4.69, 9.17) is 8.37 Å². The fourth-order valence-corrected chi connectivity index (χ4v) is 1.78. The van der Waals surface area contributed by atoms with Gasteiger partial charge in [0.25, 0.3) is 0 Å². The second-order valence-corrected chi connectivity index (χ2v) is 8.73. The van der Waals surface area contributed by atoms with Crippen LogP contribution in [0.15, 0.2) is 0 Å². The summed E-state index contributed by atoms with van der Waals surface area (Å²) in [5.41, 5.74) is 0. The lowest BCUT2D eigenvalue weighted by molar-refractivity contribution is -0.870. The van der Waals surface area contributed by atoms with E-state index < -0.39 is 0 Å². The van der Waals surface area contributed by atoms with Gasteiger partial charge in [-0.25, -0.2) is 0 Å². The van der Waals surface area contributed by atoms with E-state index >= 15 is 0 Å². The van der Waals surface area contributed by atoms with Gasteiger partial charge in [0.15, 0.2) is 0 Å². The van der Waals surface area contributed by atoms with Gasteiger partial charge in [0.2, 0.25) is 5.12 Å². The molecule has 0 heterocycles. The average molecular weight is 568 g/mol. The number of rotatable bonds is 8. The monoisotopic (exact) mass is 568 g/mol. The highest BCUT2D eigenvalue weighted by atomic mass is 127. The van der Waals surface area contributed by atoms with Gasteiger partial charge in [-0.15, -0.1) is 24.0 Å². The lowest BCUT2D eigenvalue weighted by Gasteiger charge is -2.22. The molecule has 0 atom stereocenters. The molecule has 21 heavy (non-hydrogen) atoms. The Balaban J connectivity index is -0.000000300. The Morgan fingerprint density at radius 2 is 1.33 bits per heavy atom. The summed E-state index contributed by atoms with van der Waals surface area (Å²) in [6.07, 6.45) is 0. The second kappa shape index (κ2) is 15.2. The summed E-state index contributed by atoms with van der Waals surface area (Å²) >= 11 is 3.05.